The van der Waals surface area contributed by atoms with Crippen LogP contribution in [0.1, 0.15) is 32.3 Å². The second-order valence-electron chi connectivity index (χ2n) is 6.87. The summed E-state index contributed by atoms with van der Waals surface area (Å²) in [4.78, 5) is 12.0. The highest BCUT2D eigenvalue weighted by Crippen LogP contribution is 2.34. The minimum Gasteiger partial charge on any atom is -0.497 e. The van der Waals surface area contributed by atoms with Gasteiger partial charge in [0.05, 0.1) is 19.9 Å². The van der Waals surface area contributed by atoms with Crippen molar-refractivity contribution in [3.63, 3.8) is 0 Å². The quantitative estimate of drug-likeness (QED) is 0.414. The summed E-state index contributed by atoms with van der Waals surface area (Å²) in [6, 6.07) is 15.9. The van der Waals surface area contributed by atoms with Gasteiger partial charge in [-0.3, -0.25) is 9.36 Å². The van der Waals surface area contributed by atoms with Crippen LogP contribution in [0.5, 0.6) is 5.75 Å². The van der Waals surface area contributed by atoms with Gasteiger partial charge in [0.15, 0.2) is 11.0 Å². The predicted octanol–water partition coefficient (Wildman–Crippen LogP) is 4.72. The first kappa shape index (κ1) is 20.9. The Kier molecular flexibility index (Phi) is 6.59. The number of nitrogens with zero attached hydrogens (tertiary/aromatic N) is 3. The van der Waals surface area contributed by atoms with Gasteiger partial charge in [0.25, 0.3) is 0 Å². The second kappa shape index (κ2) is 9.13. The third-order valence-corrected chi connectivity index (χ3v) is 5.62. The van der Waals surface area contributed by atoms with Crippen molar-refractivity contribution in [2.75, 3.05) is 14.2 Å². The van der Waals surface area contributed by atoms with Crippen LogP contribution < -0.4 is 4.74 Å². The van der Waals surface area contributed by atoms with E-state index in [0.29, 0.717) is 16.9 Å². The van der Waals surface area contributed by atoms with Gasteiger partial charge < -0.3 is 9.47 Å². The summed E-state index contributed by atoms with van der Waals surface area (Å²) in [5, 5.41) is 9.10. The highest BCUT2D eigenvalue weighted by Gasteiger charge is 2.23. The van der Waals surface area contributed by atoms with Gasteiger partial charge in [-0.2, -0.15) is 0 Å². The van der Waals surface area contributed by atoms with Crippen LogP contribution in [0, 0.1) is 0 Å². The molecule has 7 heteroatoms. The number of aromatic nitrogens is 3. The van der Waals surface area contributed by atoms with Crippen LogP contribution in [0.2, 0.25) is 0 Å². The van der Waals surface area contributed by atoms with Gasteiger partial charge in [-0.15, -0.1) is 10.2 Å². The Morgan fingerprint density at radius 3 is 2.31 bits per heavy atom. The summed E-state index contributed by atoms with van der Waals surface area (Å²) in [7, 11) is 3.03. The van der Waals surface area contributed by atoms with Gasteiger partial charge >= 0.3 is 5.97 Å². The molecule has 0 amide bonds. The van der Waals surface area contributed by atoms with Crippen LogP contribution in [0.4, 0.5) is 0 Å². The Labute approximate surface area is 175 Å². The molecule has 0 aliphatic rings. The first-order valence-electron chi connectivity index (χ1n) is 9.39. The molecular formula is C22H25N3O3S. The summed E-state index contributed by atoms with van der Waals surface area (Å²) < 4.78 is 12.2. The van der Waals surface area contributed by atoms with Crippen LogP contribution in [-0.4, -0.2) is 40.2 Å². The lowest BCUT2D eigenvalue weighted by Gasteiger charge is -2.17. The molecule has 0 fully saturated rings. The van der Waals surface area contributed by atoms with E-state index >= 15 is 0 Å². The predicted molar refractivity (Wildman–Crippen MR) is 115 cm³/mol. The topological polar surface area (TPSA) is 66.2 Å². The first-order chi connectivity index (χ1) is 14.0. The maximum Gasteiger partial charge on any atom is 0.318 e. The van der Waals surface area contributed by atoms with E-state index in [1.807, 2.05) is 41.0 Å². The van der Waals surface area contributed by atoms with Gasteiger partial charge in [0.2, 0.25) is 0 Å². The lowest BCUT2D eigenvalue weighted by Crippen LogP contribution is -2.16. The number of esters is 1. The van der Waals surface area contributed by atoms with Gasteiger partial charge in [-0.25, -0.2) is 0 Å². The summed E-state index contributed by atoms with van der Waals surface area (Å²) in [5.41, 5.74) is 3.09. The average molecular weight is 412 g/mol. The molecule has 0 saturated heterocycles. The van der Waals surface area contributed by atoms with E-state index in [9.17, 15) is 4.79 Å². The fourth-order valence-electron chi connectivity index (χ4n) is 3.04. The highest BCUT2D eigenvalue weighted by atomic mass is 32.2. The molecule has 0 aliphatic carbocycles. The van der Waals surface area contributed by atoms with Crippen molar-refractivity contribution in [1.29, 1.82) is 0 Å². The zero-order valence-corrected chi connectivity index (χ0v) is 18.1. The van der Waals surface area contributed by atoms with Gasteiger partial charge in [0.1, 0.15) is 11.0 Å². The van der Waals surface area contributed by atoms with Crippen LogP contribution in [0.3, 0.4) is 0 Å². The molecule has 2 aromatic carbocycles. The molecule has 0 radical (unpaired) electrons. The molecule has 0 saturated carbocycles. The van der Waals surface area contributed by atoms with Crippen molar-refractivity contribution < 1.29 is 14.3 Å². The average Bonchev–Trinajstić information content (AvgIpc) is 3.16. The lowest BCUT2D eigenvalue weighted by atomic mass is 10.0. The van der Waals surface area contributed by atoms with Crippen molar-refractivity contribution in [2.24, 2.45) is 0 Å². The molecule has 3 aromatic rings. The fourth-order valence-corrected chi connectivity index (χ4v) is 3.93. The Bertz CT molecular complexity index is 983. The SMILES string of the molecule is COC(=O)[C@H](C)Sc1nnc(-c2ccc(OC)cc2)n1-c1ccccc1C(C)C. The summed E-state index contributed by atoms with van der Waals surface area (Å²) in [6.45, 7) is 6.11. The Balaban J connectivity index is 2.16. The molecule has 1 heterocycles. The van der Waals surface area contributed by atoms with E-state index in [0.717, 1.165) is 17.0 Å². The lowest BCUT2D eigenvalue weighted by molar-refractivity contribution is -0.139. The van der Waals surface area contributed by atoms with Crippen molar-refractivity contribution >= 4 is 17.7 Å². The number of rotatable bonds is 7. The number of carbonyl (C=O) groups excluding carboxylic acids is 1. The minimum atomic E-state index is -0.405. The third kappa shape index (κ3) is 4.45. The van der Waals surface area contributed by atoms with Crippen LogP contribution in [0.15, 0.2) is 53.7 Å². The monoisotopic (exact) mass is 411 g/mol. The van der Waals surface area contributed by atoms with Crippen molar-refractivity contribution in [1.82, 2.24) is 14.8 Å². The summed E-state index contributed by atoms with van der Waals surface area (Å²) in [6.07, 6.45) is 0. The zero-order chi connectivity index (χ0) is 21.0. The summed E-state index contributed by atoms with van der Waals surface area (Å²) in [5.74, 6) is 1.50. The van der Waals surface area contributed by atoms with Gasteiger partial charge in [0, 0.05) is 5.56 Å². The molecule has 1 aromatic heterocycles. The molecular weight excluding hydrogens is 386 g/mol. The number of hydrogen-bond acceptors (Lipinski definition) is 6. The van der Waals surface area contributed by atoms with Crippen LogP contribution in [0.25, 0.3) is 17.1 Å². The fraction of sp³-hybridized carbons (Fsp3) is 0.318. The van der Waals surface area contributed by atoms with E-state index < -0.39 is 5.25 Å². The first-order valence-corrected chi connectivity index (χ1v) is 10.3. The molecule has 0 spiro atoms. The largest absolute Gasteiger partial charge is 0.497 e. The number of benzene rings is 2. The Morgan fingerprint density at radius 2 is 1.69 bits per heavy atom. The van der Waals surface area contributed by atoms with Crippen LogP contribution in [-0.2, 0) is 9.53 Å². The molecule has 152 valence electrons. The Hall–Kier alpha value is -2.80. The minimum absolute atomic E-state index is 0.298. The second-order valence-corrected chi connectivity index (χ2v) is 8.17. The standard InChI is InChI=1S/C22H25N3O3S/c1-14(2)18-8-6-7-9-19(18)25-20(16-10-12-17(27-4)13-11-16)23-24-22(25)29-15(3)21(26)28-5/h6-15H,1-5H3/t15-/m0/s1. The van der Waals surface area contributed by atoms with E-state index in [4.69, 9.17) is 9.47 Å². The molecule has 29 heavy (non-hydrogen) atoms. The molecule has 3 rings (SSSR count). The molecule has 0 bridgehead atoms. The highest BCUT2D eigenvalue weighted by molar-refractivity contribution is 8.00. The number of ether oxygens (including phenoxy) is 2. The molecule has 0 N–H and O–H groups in total. The maximum atomic E-state index is 12.0. The third-order valence-electron chi connectivity index (χ3n) is 4.60. The van der Waals surface area contributed by atoms with Gasteiger partial charge in [-0.1, -0.05) is 43.8 Å². The number of hydrogen-bond donors (Lipinski definition) is 0. The number of methoxy groups -OCH3 is 2. The van der Waals surface area contributed by atoms with E-state index in [1.54, 1.807) is 14.0 Å². The van der Waals surface area contributed by atoms with Crippen molar-refractivity contribution in [3.05, 3.63) is 54.1 Å². The molecule has 1 atom stereocenters. The smallest absolute Gasteiger partial charge is 0.318 e. The molecule has 0 aliphatic heterocycles. The van der Waals surface area contributed by atoms with E-state index in [-0.39, 0.29) is 5.97 Å². The summed E-state index contributed by atoms with van der Waals surface area (Å²) >= 11 is 1.33. The van der Waals surface area contributed by atoms with Crippen molar-refractivity contribution in [2.45, 2.75) is 37.1 Å². The van der Waals surface area contributed by atoms with Gasteiger partial charge in [-0.05, 0) is 48.7 Å². The maximum absolute atomic E-state index is 12.0. The van der Waals surface area contributed by atoms with Crippen LogP contribution >= 0.6 is 11.8 Å². The van der Waals surface area contributed by atoms with E-state index in [2.05, 4.69) is 36.2 Å². The normalized spacial score (nSPS) is 12.1. The Morgan fingerprint density at radius 1 is 1.00 bits per heavy atom. The number of carbonyl (C=O) groups is 1. The molecule has 0 unspecified atom stereocenters. The van der Waals surface area contributed by atoms with Crippen molar-refractivity contribution in [3.8, 4) is 22.8 Å². The number of para-hydroxylation sites is 1. The molecule has 6 nitrogen and oxygen atoms in total. The zero-order valence-electron chi connectivity index (χ0n) is 17.2. The van der Waals surface area contributed by atoms with E-state index in [1.165, 1.54) is 24.4 Å². The number of thioether (sulfide) groups is 1.